The molecule has 0 unspecified atom stereocenters. The molecule has 4 heteroatoms. The van der Waals surface area contributed by atoms with E-state index < -0.39 is 5.82 Å². The number of carbonyl (C=O) groups excluding carboxylic acids is 1. The van der Waals surface area contributed by atoms with Gasteiger partial charge < -0.3 is 4.90 Å². The first-order valence-corrected chi connectivity index (χ1v) is 8.24. The zero-order chi connectivity index (χ0) is 17.3. The predicted molar refractivity (Wildman–Crippen MR) is 93.5 cm³/mol. The fourth-order valence-electron chi connectivity index (χ4n) is 3.32. The zero-order valence-electron chi connectivity index (χ0n) is 14.4. The molecule has 2 aromatic rings. The van der Waals surface area contributed by atoms with Crippen molar-refractivity contribution in [1.29, 1.82) is 0 Å². The molecule has 1 amide bonds. The maximum Gasteiger partial charge on any atom is 0.256 e. The first-order valence-electron chi connectivity index (χ1n) is 8.24. The minimum absolute atomic E-state index is 0.141. The minimum atomic E-state index is -0.450. The molecule has 1 aliphatic heterocycles. The fourth-order valence-corrected chi connectivity index (χ4v) is 3.32. The number of benzene rings is 2. The van der Waals surface area contributed by atoms with Crippen molar-refractivity contribution in [3.8, 4) is 0 Å². The normalized spacial score (nSPS) is 17.4. The van der Waals surface area contributed by atoms with Crippen molar-refractivity contribution < 1.29 is 9.18 Å². The van der Waals surface area contributed by atoms with Crippen LogP contribution in [0.4, 0.5) is 4.39 Å². The summed E-state index contributed by atoms with van der Waals surface area (Å²) in [6.45, 7) is 3.27. The van der Waals surface area contributed by atoms with Gasteiger partial charge in [-0.1, -0.05) is 30.3 Å². The number of hydrogen-bond donors (Lipinski definition) is 0. The molecule has 0 saturated heterocycles. The van der Waals surface area contributed by atoms with Crippen molar-refractivity contribution in [3.05, 3.63) is 70.5 Å². The number of likely N-dealkylation sites (N-methyl/N-ethyl adjacent to an activating group) is 2. The van der Waals surface area contributed by atoms with E-state index in [2.05, 4.69) is 36.2 Å². The summed E-state index contributed by atoms with van der Waals surface area (Å²) in [5.74, 6) is -0.714. The van der Waals surface area contributed by atoms with Crippen LogP contribution in [-0.4, -0.2) is 42.4 Å². The molecule has 0 spiro atoms. The van der Waals surface area contributed by atoms with Crippen LogP contribution < -0.4 is 0 Å². The predicted octanol–water partition coefficient (Wildman–Crippen LogP) is 3.26. The second kappa shape index (κ2) is 6.73. The van der Waals surface area contributed by atoms with Gasteiger partial charge in [0.15, 0.2) is 0 Å². The average molecular weight is 326 g/mol. The highest BCUT2D eigenvalue weighted by atomic mass is 19.1. The van der Waals surface area contributed by atoms with Crippen LogP contribution in [0.2, 0.25) is 0 Å². The Labute approximate surface area is 142 Å². The molecule has 1 heterocycles. The Morgan fingerprint density at radius 1 is 1.25 bits per heavy atom. The molecule has 3 rings (SSSR count). The topological polar surface area (TPSA) is 23.6 Å². The van der Waals surface area contributed by atoms with Crippen LogP contribution in [0.1, 0.15) is 27.0 Å². The number of amides is 1. The van der Waals surface area contributed by atoms with Gasteiger partial charge in [0, 0.05) is 26.2 Å². The van der Waals surface area contributed by atoms with Crippen LogP contribution in [0.15, 0.2) is 42.5 Å². The fraction of sp³-hybridized carbons (Fsp3) is 0.350. The first kappa shape index (κ1) is 16.7. The quantitative estimate of drug-likeness (QED) is 0.864. The number of carbonyl (C=O) groups is 1. The molecule has 1 atom stereocenters. The van der Waals surface area contributed by atoms with Crippen molar-refractivity contribution >= 4 is 5.91 Å². The van der Waals surface area contributed by atoms with Crippen LogP contribution in [0.5, 0.6) is 0 Å². The summed E-state index contributed by atoms with van der Waals surface area (Å²) < 4.78 is 14.1. The Kier molecular flexibility index (Phi) is 4.67. The molecule has 0 aliphatic carbocycles. The molecule has 0 fully saturated rings. The lowest BCUT2D eigenvalue weighted by atomic mass is 9.94. The third-order valence-electron chi connectivity index (χ3n) is 4.80. The van der Waals surface area contributed by atoms with Crippen molar-refractivity contribution in [2.75, 3.05) is 20.6 Å². The standard InChI is InChI=1S/C20H23FN2O/c1-14-8-9-18(19(21)10-14)20(24)23(3)13-17-11-15-6-4-5-7-16(15)12-22(17)2/h4-10,17H,11-13H2,1-3H3/t17-/m0/s1. The van der Waals surface area contributed by atoms with E-state index in [1.165, 1.54) is 17.2 Å². The first-order chi connectivity index (χ1) is 11.5. The van der Waals surface area contributed by atoms with E-state index in [0.29, 0.717) is 6.54 Å². The molecular weight excluding hydrogens is 303 g/mol. The van der Waals surface area contributed by atoms with Crippen LogP contribution in [0.25, 0.3) is 0 Å². The highest BCUT2D eigenvalue weighted by Crippen LogP contribution is 2.23. The second-order valence-electron chi connectivity index (χ2n) is 6.71. The van der Waals surface area contributed by atoms with E-state index in [0.717, 1.165) is 18.5 Å². The summed E-state index contributed by atoms with van der Waals surface area (Å²) in [4.78, 5) is 16.5. The summed E-state index contributed by atoms with van der Waals surface area (Å²) in [5.41, 5.74) is 3.63. The SMILES string of the molecule is Cc1ccc(C(=O)N(C)C[C@@H]2Cc3ccccc3CN2C)c(F)c1. The summed E-state index contributed by atoms with van der Waals surface area (Å²) >= 11 is 0. The molecule has 3 nitrogen and oxygen atoms in total. The molecule has 2 aromatic carbocycles. The number of nitrogens with zero attached hydrogens (tertiary/aromatic N) is 2. The molecular formula is C20H23FN2O. The van der Waals surface area contributed by atoms with Crippen LogP contribution in [0.3, 0.4) is 0 Å². The summed E-state index contributed by atoms with van der Waals surface area (Å²) in [5, 5.41) is 0. The van der Waals surface area contributed by atoms with Gasteiger partial charge in [-0.3, -0.25) is 9.69 Å². The third kappa shape index (κ3) is 3.34. The maximum absolute atomic E-state index is 14.1. The van der Waals surface area contributed by atoms with Crippen molar-refractivity contribution in [2.24, 2.45) is 0 Å². The van der Waals surface area contributed by atoms with Gasteiger partial charge in [0.1, 0.15) is 5.82 Å². The van der Waals surface area contributed by atoms with E-state index in [4.69, 9.17) is 0 Å². The molecule has 0 saturated carbocycles. The molecule has 1 aliphatic rings. The molecule has 0 N–H and O–H groups in total. The van der Waals surface area contributed by atoms with E-state index in [9.17, 15) is 9.18 Å². The number of rotatable bonds is 3. The number of aryl methyl sites for hydroxylation is 1. The Morgan fingerprint density at radius 3 is 2.67 bits per heavy atom. The van der Waals surface area contributed by atoms with E-state index >= 15 is 0 Å². The Bertz CT molecular complexity index is 759. The van der Waals surface area contributed by atoms with Crippen molar-refractivity contribution in [2.45, 2.75) is 25.9 Å². The summed E-state index contributed by atoms with van der Waals surface area (Å²) in [6.07, 6.45) is 0.903. The number of halogens is 1. The van der Waals surface area contributed by atoms with Crippen LogP contribution in [0, 0.1) is 12.7 Å². The molecule has 0 radical (unpaired) electrons. The lowest BCUT2D eigenvalue weighted by Gasteiger charge is -2.36. The zero-order valence-corrected chi connectivity index (χ0v) is 14.4. The van der Waals surface area contributed by atoms with Crippen molar-refractivity contribution in [3.63, 3.8) is 0 Å². The Hall–Kier alpha value is -2.20. The molecule has 126 valence electrons. The van der Waals surface area contributed by atoms with Gasteiger partial charge in [-0.05, 0) is 49.2 Å². The average Bonchev–Trinajstić information content (AvgIpc) is 2.55. The molecule has 0 bridgehead atoms. The van der Waals surface area contributed by atoms with Crippen LogP contribution in [-0.2, 0) is 13.0 Å². The van der Waals surface area contributed by atoms with Gasteiger partial charge in [0.2, 0.25) is 0 Å². The smallest absolute Gasteiger partial charge is 0.256 e. The van der Waals surface area contributed by atoms with E-state index in [1.807, 2.05) is 6.92 Å². The van der Waals surface area contributed by atoms with Gasteiger partial charge >= 0.3 is 0 Å². The lowest BCUT2D eigenvalue weighted by Crippen LogP contribution is -2.46. The maximum atomic E-state index is 14.1. The van der Waals surface area contributed by atoms with Gasteiger partial charge in [-0.25, -0.2) is 4.39 Å². The summed E-state index contributed by atoms with van der Waals surface area (Å²) in [6, 6.07) is 13.4. The summed E-state index contributed by atoms with van der Waals surface area (Å²) in [7, 11) is 3.82. The second-order valence-corrected chi connectivity index (χ2v) is 6.71. The Morgan fingerprint density at radius 2 is 1.96 bits per heavy atom. The van der Waals surface area contributed by atoms with E-state index in [1.54, 1.807) is 24.1 Å². The highest BCUT2D eigenvalue weighted by Gasteiger charge is 2.26. The molecule has 24 heavy (non-hydrogen) atoms. The van der Waals surface area contributed by atoms with E-state index in [-0.39, 0.29) is 17.5 Å². The largest absolute Gasteiger partial charge is 0.340 e. The Balaban J connectivity index is 1.72. The molecule has 0 aromatic heterocycles. The number of fused-ring (bicyclic) bond motifs is 1. The monoisotopic (exact) mass is 326 g/mol. The minimum Gasteiger partial charge on any atom is -0.340 e. The van der Waals surface area contributed by atoms with Crippen LogP contribution >= 0.6 is 0 Å². The van der Waals surface area contributed by atoms with Gasteiger partial charge in [-0.2, -0.15) is 0 Å². The number of hydrogen-bond acceptors (Lipinski definition) is 2. The van der Waals surface area contributed by atoms with Crippen molar-refractivity contribution in [1.82, 2.24) is 9.80 Å². The van der Waals surface area contributed by atoms with Gasteiger partial charge in [0.25, 0.3) is 5.91 Å². The van der Waals surface area contributed by atoms with Gasteiger partial charge in [0.05, 0.1) is 5.56 Å². The lowest BCUT2D eigenvalue weighted by molar-refractivity contribution is 0.0729. The third-order valence-corrected chi connectivity index (χ3v) is 4.80. The highest BCUT2D eigenvalue weighted by molar-refractivity contribution is 5.94. The van der Waals surface area contributed by atoms with Gasteiger partial charge in [-0.15, -0.1) is 0 Å².